The number of anilines is 1. The molecule has 0 bridgehead atoms. The van der Waals surface area contributed by atoms with Crippen molar-refractivity contribution in [3.63, 3.8) is 0 Å². The van der Waals surface area contributed by atoms with Crippen molar-refractivity contribution in [2.45, 2.75) is 13.5 Å². The van der Waals surface area contributed by atoms with Gasteiger partial charge in [-0.25, -0.2) is 4.98 Å². The van der Waals surface area contributed by atoms with Crippen molar-refractivity contribution in [1.82, 2.24) is 4.98 Å². The standard InChI is InChI=1S/C19H18N2O2S/c1-2-23-13-15-10-6-7-11-16(15)21-18(22)17-12-20-19(24-17)14-8-4-3-5-9-14/h3-12H,2,13H2,1H3,(H,21,22). The Bertz CT molecular complexity index is 815. The highest BCUT2D eigenvalue weighted by molar-refractivity contribution is 7.17. The Balaban J connectivity index is 1.75. The zero-order valence-corrected chi connectivity index (χ0v) is 14.2. The first-order chi connectivity index (χ1) is 11.8. The van der Waals surface area contributed by atoms with Crippen LogP contribution in [0.15, 0.2) is 60.8 Å². The number of carbonyl (C=O) groups is 1. The normalized spacial score (nSPS) is 10.5. The molecule has 0 atom stereocenters. The smallest absolute Gasteiger partial charge is 0.267 e. The van der Waals surface area contributed by atoms with Crippen LogP contribution in [0.2, 0.25) is 0 Å². The maximum atomic E-state index is 12.5. The Morgan fingerprint density at radius 3 is 2.67 bits per heavy atom. The molecule has 2 aromatic carbocycles. The van der Waals surface area contributed by atoms with E-state index in [-0.39, 0.29) is 5.91 Å². The molecule has 0 spiro atoms. The molecule has 1 aromatic heterocycles. The Labute approximate surface area is 145 Å². The number of aromatic nitrogens is 1. The van der Waals surface area contributed by atoms with Gasteiger partial charge in [0.05, 0.1) is 12.8 Å². The van der Waals surface area contributed by atoms with Crippen LogP contribution in [-0.4, -0.2) is 17.5 Å². The Kier molecular flexibility index (Phi) is 5.36. The minimum atomic E-state index is -0.154. The number of rotatable bonds is 6. The molecule has 4 nitrogen and oxygen atoms in total. The number of thiazole rings is 1. The predicted octanol–water partition coefficient (Wildman–Crippen LogP) is 4.60. The molecule has 0 saturated heterocycles. The molecule has 1 N–H and O–H groups in total. The number of benzene rings is 2. The van der Waals surface area contributed by atoms with Crippen LogP contribution < -0.4 is 5.32 Å². The van der Waals surface area contributed by atoms with Gasteiger partial charge in [0.25, 0.3) is 5.91 Å². The number of nitrogens with zero attached hydrogens (tertiary/aromatic N) is 1. The van der Waals surface area contributed by atoms with E-state index in [1.54, 1.807) is 6.20 Å². The summed E-state index contributed by atoms with van der Waals surface area (Å²) in [5, 5.41) is 3.79. The van der Waals surface area contributed by atoms with Crippen LogP contribution in [0, 0.1) is 0 Å². The highest BCUT2D eigenvalue weighted by Gasteiger charge is 2.13. The fourth-order valence-electron chi connectivity index (χ4n) is 2.26. The topological polar surface area (TPSA) is 51.2 Å². The molecule has 0 aliphatic heterocycles. The molecule has 24 heavy (non-hydrogen) atoms. The van der Waals surface area contributed by atoms with Gasteiger partial charge < -0.3 is 10.1 Å². The van der Waals surface area contributed by atoms with Crippen molar-refractivity contribution in [3.05, 3.63) is 71.2 Å². The molecular weight excluding hydrogens is 320 g/mol. The van der Waals surface area contributed by atoms with E-state index >= 15 is 0 Å². The van der Waals surface area contributed by atoms with Gasteiger partial charge in [0.15, 0.2) is 0 Å². The Morgan fingerprint density at radius 2 is 1.88 bits per heavy atom. The lowest BCUT2D eigenvalue weighted by Gasteiger charge is -2.10. The number of ether oxygens (including phenoxy) is 1. The fraction of sp³-hybridized carbons (Fsp3) is 0.158. The van der Waals surface area contributed by atoms with Gasteiger partial charge in [0, 0.05) is 23.4 Å². The minimum Gasteiger partial charge on any atom is -0.377 e. The molecule has 0 aliphatic carbocycles. The van der Waals surface area contributed by atoms with E-state index in [2.05, 4.69) is 10.3 Å². The Morgan fingerprint density at radius 1 is 1.12 bits per heavy atom. The number of amides is 1. The Hall–Kier alpha value is -2.50. The van der Waals surface area contributed by atoms with Crippen molar-refractivity contribution in [2.75, 3.05) is 11.9 Å². The van der Waals surface area contributed by atoms with Crippen LogP contribution in [0.25, 0.3) is 10.6 Å². The van der Waals surface area contributed by atoms with Crippen molar-refractivity contribution < 1.29 is 9.53 Å². The van der Waals surface area contributed by atoms with Crippen molar-refractivity contribution in [1.29, 1.82) is 0 Å². The molecule has 0 aliphatic rings. The molecule has 0 saturated carbocycles. The summed E-state index contributed by atoms with van der Waals surface area (Å²) in [5.41, 5.74) is 2.74. The number of para-hydroxylation sites is 1. The van der Waals surface area contributed by atoms with E-state index in [9.17, 15) is 4.79 Å². The number of hydrogen-bond donors (Lipinski definition) is 1. The number of hydrogen-bond acceptors (Lipinski definition) is 4. The molecular formula is C19H18N2O2S. The highest BCUT2D eigenvalue weighted by atomic mass is 32.1. The largest absolute Gasteiger partial charge is 0.377 e. The third-order valence-corrected chi connectivity index (χ3v) is 4.52. The third kappa shape index (κ3) is 3.88. The van der Waals surface area contributed by atoms with Crippen molar-refractivity contribution >= 4 is 22.9 Å². The molecule has 0 fully saturated rings. The maximum Gasteiger partial charge on any atom is 0.267 e. The van der Waals surface area contributed by atoms with Gasteiger partial charge in [-0.05, 0) is 13.0 Å². The lowest BCUT2D eigenvalue weighted by Crippen LogP contribution is -2.12. The average molecular weight is 338 g/mol. The molecule has 1 heterocycles. The second kappa shape index (κ2) is 7.86. The van der Waals surface area contributed by atoms with Crippen LogP contribution >= 0.6 is 11.3 Å². The summed E-state index contributed by atoms with van der Waals surface area (Å²) >= 11 is 1.38. The SMILES string of the molecule is CCOCc1ccccc1NC(=O)c1cnc(-c2ccccc2)s1. The van der Waals surface area contributed by atoms with Crippen molar-refractivity contribution in [3.8, 4) is 10.6 Å². The summed E-state index contributed by atoms with van der Waals surface area (Å²) in [5.74, 6) is -0.154. The summed E-state index contributed by atoms with van der Waals surface area (Å²) in [6.07, 6.45) is 1.62. The first-order valence-corrected chi connectivity index (χ1v) is 8.58. The number of carbonyl (C=O) groups excluding carboxylic acids is 1. The molecule has 3 aromatic rings. The first kappa shape index (κ1) is 16.4. The second-order valence-corrected chi connectivity index (χ2v) is 6.17. The van der Waals surface area contributed by atoms with Gasteiger partial charge in [0.2, 0.25) is 0 Å². The van der Waals surface area contributed by atoms with Gasteiger partial charge in [-0.15, -0.1) is 11.3 Å². The van der Waals surface area contributed by atoms with E-state index in [4.69, 9.17) is 4.74 Å². The third-order valence-electron chi connectivity index (χ3n) is 3.48. The quantitative estimate of drug-likeness (QED) is 0.715. The van der Waals surface area contributed by atoms with Gasteiger partial charge in [-0.2, -0.15) is 0 Å². The van der Waals surface area contributed by atoms with E-state index in [0.29, 0.717) is 18.1 Å². The summed E-state index contributed by atoms with van der Waals surface area (Å²) in [4.78, 5) is 17.4. The lowest BCUT2D eigenvalue weighted by molar-refractivity contribution is 0.102. The minimum absolute atomic E-state index is 0.154. The van der Waals surface area contributed by atoms with Crippen molar-refractivity contribution in [2.24, 2.45) is 0 Å². The molecule has 1 amide bonds. The van der Waals surface area contributed by atoms with E-state index in [1.165, 1.54) is 11.3 Å². The van der Waals surface area contributed by atoms with Crippen LogP contribution in [0.5, 0.6) is 0 Å². The summed E-state index contributed by atoms with van der Waals surface area (Å²) in [6, 6.07) is 17.5. The van der Waals surface area contributed by atoms with E-state index in [1.807, 2.05) is 61.5 Å². The van der Waals surface area contributed by atoms with Gasteiger partial charge in [-0.3, -0.25) is 4.79 Å². The summed E-state index contributed by atoms with van der Waals surface area (Å²) in [6.45, 7) is 3.06. The van der Waals surface area contributed by atoms with Crippen LogP contribution in [-0.2, 0) is 11.3 Å². The highest BCUT2D eigenvalue weighted by Crippen LogP contribution is 2.26. The second-order valence-electron chi connectivity index (χ2n) is 5.14. The molecule has 3 rings (SSSR count). The maximum absolute atomic E-state index is 12.5. The predicted molar refractivity (Wildman–Crippen MR) is 97.3 cm³/mol. The molecule has 122 valence electrons. The monoisotopic (exact) mass is 338 g/mol. The molecule has 0 unspecified atom stereocenters. The van der Waals surface area contributed by atoms with Crippen LogP contribution in [0.3, 0.4) is 0 Å². The van der Waals surface area contributed by atoms with Crippen LogP contribution in [0.1, 0.15) is 22.2 Å². The first-order valence-electron chi connectivity index (χ1n) is 7.76. The molecule has 0 radical (unpaired) electrons. The number of nitrogens with one attached hydrogen (secondary N) is 1. The molecule has 5 heteroatoms. The van der Waals surface area contributed by atoms with Gasteiger partial charge in [-0.1, -0.05) is 48.5 Å². The van der Waals surface area contributed by atoms with Crippen LogP contribution in [0.4, 0.5) is 5.69 Å². The lowest BCUT2D eigenvalue weighted by atomic mass is 10.2. The summed E-state index contributed by atoms with van der Waals surface area (Å²) < 4.78 is 5.45. The van der Waals surface area contributed by atoms with E-state index < -0.39 is 0 Å². The average Bonchev–Trinajstić information content (AvgIpc) is 3.12. The van der Waals surface area contributed by atoms with Gasteiger partial charge in [0.1, 0.15) is 9.88 Å². The van der Waals surface area contributed by atoms with Gasteiger partial charge >= 0.3 is 0 Å². The zero-order chi connectivity index (χ0) is 16.8. The fourth-order valence-corrected chi connectivity index (χ4v) is 3.07. The zero-order valence-electron chi connectivity index (χ0n) is 13.4. The van der Waals surface area contributed by atoms with E-state index in [0.717, 1.165) is 21.8 Å². The summed E-state index contributed by atoms with van der Waals surface area (Å²) in [7, 11) is 0.